The van der Waals surface area contributed by atoms with Crippen LogP contribution in [0.1, 0.15) is 5.56 Å². The molecule has 2 rings (SSSR count). The second kappa shape index (κ2) is 3.22. The van der Waals surface area contributed by atoms with Gasteiger partial charge in [-0.3, -0.25) is 10.1 Å². The van der Waals surface area contributed by atoms with Crippen LogP contribution in [-0.2, 0) is 0 Å². The van der Waals surface area contributed by atoms with Crippen molar-refractivity contribution in [1.82, 2.24) is 0 Å². The van der Waals surface area contributed by atoms with Crippen molar-refractivity contribution in [2.24, 2.45) is 0 Å². The van der Waals surface area contributed by atoms with Crippen LogP contribution < -0.4 is 0 Å². The largest absolute Gasteiger partial charge is 0.270 e. The number of non-ortho nitro benzene ring substituents is 1. The highest BCUT2D eigenvalue weighted by atomic mass is 35.5. The van der Waals surface area contributed by atoms with Gasteiger partial charge in [0.1, 0.15) is 0 Å². The molecule has 1 aromatic carbocycles. The molecule has 5 heteroatoms. The van der Waals surface area contributed by atoms with Gasteiger partial charge in [0.15, 0.2) is 0 Å². The Balaban J connectivity index is 2.82. The minimum absolute atomic E-state index is 0.0929. The second-order valence-corrected chi connectivity index (χ2v) is 4.27. The minimum Gasteiger partial charge on any atom is -0.258 e. The van der Waals surface area contributed by atoms with Crippen molar-refractivity contribution in [3.8, 4) is 0 Å². The van der Waals surface area contributed by atoms with Gasteiger partial charge in [-0.15, -0.1) is 11.3 Å². The van der Waals surface area contributed by atoms with Crippen LogP contribution in [0.3, 0.4) is 0 Å². The lowest BCUT2D eigenvalue weighted by atomic mass is 10.1. The molecule has 0 atom stereocenters. The van der Waals surface area contributed by atoms with E-state index in [1.54, 1.807) is 11.4 Å². The normalized spacial score (nSPS) is 10.7. The summed E-state index contributed by atoms with van der Waals surface area (Å²) in [5, 5.41) is 13.7. The van der Waals surface area contributed by atoms with E-state index in [1.165, 1.54) is 17.4 Å². The van der Waals surface area contributed by atoms with Crippen LogP contribution in [-0.4, -0.2) is 4.92 Å². The van der Waals surface area contributed by atoms with Crippen LogP contribution in [0.5, 0.6) is 0 Å². The highest BCUT2D eigenvalue weighted by molar-refractivity contribution is 7.18. The molecule has 0 saturated carbocycles. The summed E-state index contributed by atoms with van der Waals surface area (Å²) in [7, 11) is 0. The number of benzene rings is 1. The first-order valence-corrected chi connectivity index (χ1v) is 5.17. The highest BCUT2D eigenvalue weighted by Crippen LogP contribution is 2.35. The Hall–Kier alpha value is -1.13. The maximum Gasteiger partial charge on any atom is 0.270 e. The van der Waals surface area contributed by atoms with E-state index >= 15 is 0 Å². The van der Waals surface area contributed by atoms with Gasteiger partial charge in [0, 0.05) is 27.6 Å². The summed E-state index contributed by atoms with van der Waals surface area (Å²) in [5.41, 5.74) is 0.987. The number of fused-ring (bicyclic) bond motifs is 1. The number of halogens is 1. The van der Waals surface area contributed by atoms with Crippen molar-refractivity contribution in [3.05, 3.63) is 38.2 Å². The molecule has 2 aromatic rings. The standard InChI is InChI=1S/C9H6ClNO2S/c1-5-2-6(11(12)13)3-7-8(10)4-14-9(5)7/h2-4H,1H3. The number of hydrogen-bond donors (Lipinski definition) is 0. The lowest BCUT2D eigenvalue weighted by Gasteiger charge is -1.96. The number of nitro groups is 1. The number of rotatable bonds is 1. The molecule has 0 N–H and O–H groups in total. The Morgan fingerprint density at radius 1 is 1.50 bits per heavy atom. The molecule has 0 bridgehead atoms. The molecular formula is C9H6ClNO2S. The van der Waals surface area contributed by atoms with Crippen LogP contribution in [0.15, 0.2) is 17.5 Å². The lowest BCUT2D eigenvalue weighted by molar-refractivity contribution is -0.384. The molecule has 0 fully saturated rings. The zero-order chi connectivity index (χ0) is 10.3. The van der Waals surface area contributed by atoms with Gasteiger partial charge >= 0.3 is 0 Å². The molecule has 0 aliphatic carbocycles. The summed E-state index contributed by atoms with van der Waals surface area (Å²) < 4.78 is 1.01. The van der Waals surface area contributed by atoms with E-state index in [2.05, 4.69) is 0 Å². The van der Waals surface area contributed by atoms with Crippen LogP contribution in [0, 0.1) is 17.0 Å². The molecule has 1 aromatic heterocycles. The topological polar surface area (TPSA) is 43.1 Å². The van der Waals surface area contributed by atoms with E-state index in [0.717, 1.165) is 15.6 Å². The summed E-state index contributed by atoms with van der Waals surface area (Å²) in [4.78, 5) is 10.2. The first-order valence-electron chi connectivity index (χ1n) is 3.91. The van der Waals surface area contributed by atoms with E-state index in [0.29, 0.717) is 5.02 Å². The second-order valence-electron chi connectivity index (χ2n) is 2.98. The smallest absolute Gasteiger partial charge is 0.258 e. The van der Waals surface area contributed by atoms with Gasteiger partial charge in [-0.2, -0.15) is 0 Å². The number of hydrogen-bond acceptors (Lipinski definition) is 3. The zero-order valence-electron chi connectivity index (χ0n) is 7.28. The lowest BCUT2D eigenvalue weighted by Crippen LogP contribution is -1.88. The molecule has 0 radical (unpaired) electrons. The van der Waals surface area contributed by atoms with Gasteiger partial charge in [0.05, 0.1) is 9.95 Å². The van der Waals surface area contributed by atoms with Gasteiger partial charge in [0.25, 0.3) is 5.69 Å². The Kier molecular flexibility index (Phi) is 2.17. The predicted octanol–water partition coefficient (Wildman–Crippen LogP) is 3.77. The van der Waals surface area contributed by atoms with Crippen LogP contribution in [0.25, 0.3) is 10.1 Å². The maximum atomic E-state index is 10.6. The molecule has 14 heavy (non-hydrogen) atoms. The SMILES string of the molecule is Cc1cc([N+](=O)[O-])cc2c(Cl)csc12. The third-order valence-electron chi connectivity index (χ3n) is 2.01. The molecule has 0 spiro atoms. The van der Waals surface area contributed by atoms with Crippen molar-refractivity contribution in [2.75, 3.05) is 0 Å². The fourth-order valence-corrected chi connectivity index (χ4v) is 2.60. The molecule has 0 saturated heterocycles. The summed E-state index contributed by atoms with van der Waals surface area (Å²) in [6.45, 7) is 1.85. The molecule has 3 nitrogen and oxygen atoms in total. The fraction of sp³-hybridized carbons (Fsp3) is 0.111. The number of thiophene rings is 1. The van der Waals surface area contributed by atoms with Crippen LogP contribution in [0.2, 0.25) is 5.02 Å². The van der Waals surface area contributed by atoms with Gasteiger partial charge in [-0.1, -0.05) is 11.6 Å². The first-order chi connectivity index (χ1) is 6.59. The van der Waals surface area contributed by atoms with Crippen LogP contribution in [0.4, 0.5) is 5.69 Å². The van der Waals surface area contributed by atoms with Crippen molar-refractivity contribution in [1.29, 1.82) is 0 Å². The van der Waals surface area contributed by atoms with Crippen molar-refractivity contribution < 1.29 is 4.92 Å². The summed E-state index contributed by atoms with van der Waals surface area (Å²) in [6.07, 6.45) is 0. The van der Waals surface area contributed by atoms with E-state index in [1.807, 2.05) is 6.92 Å². The average Bonchev–Trinajstić information content (AvgIpc) is 2.48. The Morgan fingerprint density at radius 2 is 2.21 bits per heavy atom. The average molecular weight is 228 g/mol. The molecule has 1 heterocycles. The van der Waals surface area contributed by atoms with E-state index in [-0.39, 0.29) is 5.69 Å². The van der Waals surface area contributed by atoms with E-state index in [4.69, 9.17) is 11.6 Å². The third-order valence-corrected chi connectivity index (χ3v) is 3.58. The minimum atomic E-state index is -0.402. The molecule has 0 aliphatic heterocycles. The monoisotopic (exact) mass is 227 g/mol. The van der Waals surface area contributed by atoms with Crippen molar-refractivity contribution in [2.45, 2.75) is 6.92 Å². The van der Waals surface area contributed by atoms with Gasteiger partial charge in [0.2, 0.25) is 0 Å². The Bertz CT molecular complexity index is 521. The van der Waals surface area contributed by atoms with Gasteiger partial charge in [-0.05, 0) is 12.5 Å². The Morgan fingerprint density at radius 3 is 2.86 bits per heavy atom. The summed E-state index contributed by atoms with van der Waals surface area (Å²) in [5.74, 6) is 0. The maximum absolute atomic E-state index is 10.6. The van der Waals surface area contributed by atoms with Gasteiger partial charge < -0.3 is 0 Å². The first kappa shape index (κ1) is 9.43. The number of nitrogens with zero attached hydrogens (tertiary/aromatic N) is 1. The highest BCUT2D eigenvalue weighted by Gasteiger charge is 2.12. The quantitative estimate of drug-likeness (QED) is 0.550. The van der Waals surface area contributed by atoms with E-state index in [9.17, 15) is 10.1 Å². The van der Waals surface area contributed by atoms with Crippen molar-refractivity contribution in [3.63, 3.8) is 0 Å². The molecule has 0 aliphatic rings. The van der Waals surface area contributed by atoms with Gasteiger partial charge in [-0.25, -0.2) is 0 Å². The van der Waals surface area contributed by atoms with Crippen LogP contribution >= 0.6 is 22.9 Å². The van der Waals surface area contributed by atoms with Crippen molar-refractivity contribution >= 4 is 38.7 Å². The molecule has 72 valence electrons. The van der Waals surface area contributed by atoms with E-state index < -0.39 is 4.92 Å². The Labute approximate surface area is 89.1 Å². The molecule has 0 unspecified atom stereocenters. The summed E-state index contributed by atoms with van der Waals surface area (Å²) in [6, 6.07) is 3.08. The molecular weight excluding hydrogens is 222 g/mol. The number of aryl methyl sites for hydroxylation is 1. The molecule has 0 amide bonds. The number of nitro benzene ring substituents is 1. The zero-order valence-corrected chi connectivity index (χ0v) is 8.85. The third kappa shape index (κ3) is 1.36. The summed E-state index contributed by atoms with van der Waals surface area (Å²) >= 11 is 7.42. The fourth-order valence-electron chi connectivity index (χ4n) is 1.37. The predicted molar refractivity (Wildman–Crippen MR) is 58.2 cm³/mol.